The lowest BCUT2D eigenvalue weighted by molar-refractivity contribution is -0.121. The predicted octanol–water partition coefficient (Wildman–Crippen LogP) is 3.05. The highest BCUT2D eigenvalue weighted by atomic mass is 32.2. The largest absolute Gasteiger partial charge is 0.497 e. The number of carbonyl (C=O) groups excluding carboxylic acids is 1. The highest BCUT2D eigenvalue weighted by Gasteiger charge is 2.26. The van der Waals surface area contributed by atoms with E-state index in [0.29, 0.717) is 17.1 Å². The lowest BCUT2D eigenvalue weighted by atomic mass is 10.2. The van der Waals surface area contributed by atoms with Crippen molar-refractivity contribution in [3.05, 3.63) is 90.0 Å². The molecule has 0 saturated carbocycles. The van der Waals surface area contributed by atoms with Gasteiger partial charge >= 0.3 is 0 Å². The fourth-order valence-corrected chi connectivity index (χ4v) is 4.45. The van der Waals surface area contributed by atoms with Crippen LogP contribution in [0.15, 0.2) is 88.9 Å². The van der Waals surface area contributed by atoms with Crippen LogP contribution in [0.1, 0.15) is 11.1 Å². The fraction of sp³-hybridized carbons (Fsp3) is 0.167. The van der Waals surface area contributed by atoms with Gasteiger partial charge in [0.1, 0.15) is 11.5 Å². The second-order valence-corrected chi connectivity index (χ2v) is 8.91. The molecule has 172 valence electrons. The van der Waals surface area contributed by atoms with Crippen molar-refractivity contribution in [2.75, 3.05) is 20.8 Å². The first-order chi connectivity index (χ1) is 15.9. The highest BCUT2D eigenvalue weighted by Crippen LogP contribution is 2.23. The van der Waals surface area contributed by atoms with Gasteiger partial charge in [-0.3, -0.25) is 4.79 Å². The number of amides is 1. The molecule has 3 rings (SSSR count). The van der Waals surface area contributed by atoms with E-state index in [-0.39, 0.29) is 11.4 Å². The molecule has 0 unspecified atom stereocenters. The molecule has 3 aromatic carbocycles. The third kappa shape index (κ3) is 6.41. The normalized spacial score (nSPS) is 11.5. The average molecular weight is 468 g/mol. The van der Waals surface area contributed by atoms with E-state index in [4.69, 9.17) is 9.47 Å². The number of hydrogen-bond donors (Lipinski definition) is 1. The summed E-state index contributed by atoms with van der Waals surface area (Å²) in [4.78, 5) is 12.7. The minimum atomic E-state index is -3.90. The monoisotopic (exact) mass is 467 g/mol. The summed E-state index contributed by atoms with van der Waals surface area (Å²) >= 11 is 0. The number of sulfonamides is 1. The lowest BCUT2D eigenvalue weighted by Crippen LogP contribution is -2.39. The number of ether oxygens (including phenoxy) is 2. The summed E-state index contributed by atoms with van der Waals surface area (Å²) in [6.07, 6.45) is 1.42. The molecular formula is C24H25N3O5S. The molecule has 0 aliphatic heterocycles. The van der Waals surface area contributed by atoms with Crippen LogP contribution < -0.4 is 14.9 Å². The zero-order valence-corrected chi connectivity index (χ0v) is 19.2. The molecule has 0 heterocycles. The second kappa shape index (κ2) is 11.3. The zero-order chi connectivity index (χ0) is 23.7. The number of rotatable bonds is 10. The summed E-state index contributed by atoms with van der Waals surface area (Å²) in [7, 11) is -0.840. The molecule has 0 aliphatic carbocycles. The van der Waals surface area contributed by atoms with Gasteiger partial charge in [-0.2, -0.15) is 9.41 Å². The number of hydrogen-bond acceptors (Lipinski definition) is 6. The molecule has 1 N–H and O–H groups in total. The summed E-state index contributed by atoms with van der Waals surface area (Å²) in [5.41, 5.74) is 3.77. The number of carbonyl (C=O) groups is 1. The molecular weight excluding hydrogens is 442 g/mol. The van der Waals surface area contributed by atoms with E-state index < -0.39 is 22.5 Å². The molecule has 3 aromatic rings. The summed E-state index contributed by atoms with van der Waals surface area (Å²) < 4.78 is 38.0. The third-order valence-corrected chi connectivity index (χ3v) is 6.54. The van der Waals surface area contributed by atoms with Gasteiger partial charge in [-0.25, -0.2) is 13.8 Å². The molecule has 0 spiro atoms. The van der Waals surface area contributed by atoms with E-state index in [1.807, 2.05) is 18.2 Å². The van der Waals surface area contributed by atoms with Crippen LogP contribution in [0.4, 0.5) is 0 Å². The number of nitrogens with one attached hydrogen (secondary N) is 1. The molecule has 8 nitrogen and oxygen atoms in total. The predicted molar refractivity (Wildman–Crippen MR) is 126 cm³/mol. The summed E-state index contributed by atoms with van der Waals surface area (Å²) in [6.45, 7) is -0.356. The quantitative estimate of drug-likeness (QED) is 0.365. The van der Waals surface area contributed by atoms with Crippen molar-refractivity contribution in [3.63, 3.8) is 0 Å². The van der Waals surface area contributed by atoms with Crippen LogP contribution in [-0.2, 0) is 21.4 Å². The first-order valence-corrected chi connectivity index (χ1v) is 11.5. The molecule has 0 atom stereocenters. The SMILES string of the molecule is COc1ccc(/C=N\NC(=O)CN(Cc2ccccc2)S(=O)(=O)c2ccccc2)c(OC)c1. The van der Waals surface area contributed by atoms with Crippen molar-refractivity contribution in [2.24, 2.45) is 5.10 Å². The lowest BCUT2D eigenvalue weighted by Gasteiger charge is -2.21. The van der Waals surface area contributed by atoms with Gasteiger partial charge in [0.15, 0.2) is 0 Å². The van der Waals surface area contributed by atoms with Gasteiger partial charge < -0.3 is 9.47 Å². The molecule has 9 heteroatoms. The van der Waals surface area contributed by atoms with E-state index >= 15 is 0 Å². The Morgan fingerprint density at radius 1 is 0.970 bits per heavy atom. The minimum absolute atomic E-state index is 0.0432. The maximum atomic E-state index is 13.2. The Labute approximate surface area is 193 Å². The van der Waals surface area contributed by atoms with Crippen molar-refractivity contribution in [1.29, 1.82) is 0 Å². The van der Waals surface area contributed by atoms with Crippen LogP contribution in [0.25, 0.3) is 0 Å². The standard InChI is InChI=1S/C24H25N3O5S/c1-31-21-14-13-20(23(15-21)32-2)16-25-26-24(28)18-27(17-19-9-5-3-6-10-19)33(29,30)22-11-7-4-8-12-22/h3-16H,17-18H2,1-2H3,(H,26,28)/b25-16-. The van der Waals surface area contributed by atoms with Crippen molar-refractivity contribution >= 4 is 22.1 Å². The zero-order valence-electron chi connectivity index (χ0n) is 18.3. The Bertz CT molecular complexity index is 1200. The van der Waals surface area contributed by atoms with Gasteiger partial charge in [0.2, 0.25) is 10.0 Å². The van der Waals surface area contributed by atoms with Crippen LogP contribution in [-0.4, -0.2) is 45.6 Å². The first kappa shape index (κ1) is 24.0. The average Bonchev–Trinajstić information content (AvgIpc) is 2.85. The smallest absolute Gasteiger partial charge is 0.255 e. The number of benzene rings is 3. The minimum Gasteiger partial charge on any atom is -0.497 e. The van der Waals surface area contributed by atoms with Gasteiger partial charge in [0.25, 0.3) is 5.91 Å². The molecule has 0 aliphatic rings. The van der Waals surface area contributed by atoms with E-state index in [0.717, 1.165) is 9.87 Å². The summed E-state index contributed by atoms with van der Waals surface area (Å²) in [5.74, 6) is 0.564. The Morgan fingerprint density at radius 2 is 1.64 bits per heavy atom. The number of hydrazone groups is 1. The maximum absolute atomic E-state index is 13.2. The topological polar surface area (TPSA) is 97.3 Å². The Kier molecular flexibility index (Phi) is 8.17. The molecule has 0 aromatic heterocycles. The van der Waals surface area contributed by atoms with Crippen molar-refractivity contribution in [1.82, 2.24) is 9.73 Å². The Balaban J connectivity index is 1.76. The highest BCUT2D eigenvalue weighted by molar-refractivity contribution is 7.89. The van der Waals surface area contributed by atoms with E-state index in [1.54, 1.807) is 55.6 Å². The van der Waals surface area contributed by atoms with Crippen LogP contribution in [0.3, 0.4) is 0 Å². The van der Waals surface area contributed by atoms with Crippen LogP contribution in [0.5, 0.6) is 11.5 Å². The van der Waals surface area contributed by atoms with Gasteiger partial charge in [-0.15, -0.1) is 0 Å². The second-order valence-electron chi connectivity index (χ2n) is 6.97. The number of nitrogens with zero attached hydrogens (tertiary/aromatic N) is 2. The summed E-state index contributed by atoms with van der Waals surface area (Å²) in [5, 5.41) is 3.95. The molecule has 0 saturated heterocycles. The molecule has 0 radical (unpaired) electrons. The van der Waals surface area contributed by atoms with Gasteiger partial charge in [0, 0.05) is 18.2 Å². The van der Waals surface area contributed by atoms with E-state index in [2.05, 4.69) is 10.5 Å². The van der Waals surface area contributed by atoms with Crippen molar-refractivity contribution < 1.29 is 22.7 Å². The summed E-state index contributed by atoms with van der Waals surface area (Å²) in [6, 6.07) is 22.2. The fourth-order valence-electron chi connectivity index (χ4n) is 3.05. The molecule has 0 bridgehead atoms. The molecule has 33 heavy (non-hydrogen) atoms. The number of methoxy groups -OCH3 is 2. The Hall–Kier alpha value is -3.69. The Morgan fingerprint density at radius 3 is 2.27 bits per heavy atom. The first-order valence-electron chi connectivity index (χ1n) is 10.1. The van der Waals surface area contributed by atoms with Crippen LogP contribution in [0.2, 0.25) is 0 Å². The van der Waals surface area contributed by atoms with Crippen molar-refractivity contribution in [2.45, 2.75) is 11.4 Å². The van der Waals surface area contributed by atoms with Gasteiger partial charge in [-0.05, 0) is 29.8 Å². The molecule has 0 fully saturated rings. The molecule has 1 amide bonds. The van der Waals surface area contributed by atoms with Gasteiger partial charge in [0.05, 0.1) is 31.9 Å². The van der Waals surface area contributed by atoms with Crippen LogP contribution >= 0.6 is 0 Å². The van der Waals surface area contributed by atoms with Gasteiger partial charge in [-0.1, -0.05) is 48.5 Å². The van der Waals surface area contributed by atoms with E-state index in [9.17, 15) is 13.2 Å². The van der Waals surface area contributed by atoms with E-state index in [1.165, 1.54) is 25.5 Å². The third-order valence-electron chi connectivity index (χ3n) is 4.74. The maximum Gasteiger partial charge on any atom is 0.255 e. The van der Waals surface area contributed by atoms with Crippen LogP contribution in [0, 0.1) is 0 Å². The van der Waals surface area contributed by atoms with Crippen molar-refractivity contribution in [3.8, 4) is 11.5 Å².